The number of hydrogen-bond acceptors (Lipinski definition) is 8. The van der Waals surface area contributed by atoms with E-state index < -0.39 is 67.8 Å². The van der Waals surface area contributed by atoms with E-state index in [0.717, 1.165) is 28.0 Å². The number of hydrogen-bond donors (Lipinski definition) is 1. The Morgan fingerprint density at radius 3 is 2.32 bits per heavy atom. The maximum atomic E-state index is 14.4. The standard InChI is InChI=1S/C33H24Cl2FN3O8/c1-47-24-7-3-6-22(27(24)40)26-20-12-13-21-25(29(42)37(28(21)41)18-4-2-5-19(14-18)39(45)46)23(20)15-32(34)30(43)38(31(44)33(26,32)35)17-10-8-16(36)9-11-17/h2-12,14,21,23,25-26,40H,13,15H2,1H3/t21-,23+,25-,26+,32+,33-/m0/s1. The number of para-hydroxylation sites is 1. The van der Waals surface area contributed by atoms with E-state index in [1.165, 1.54) is 49.6 Å². The fourth-order valence-electron chi connectivity index (χ4n) is 7.68. The number of phenols is 1. The van der Waals surface area contributed by atoms with Gasteiger partial charge in [-0.3, -0.25) is 29.3 Å². The van der Waals surface area contributed by atoms with Gasteiger partial charge in [0, 0.05) is 23.6 Å². The number of halogens is 3. The summed E-state index contributed by atoms with van der Waals surface area (Å²) in [6.07, 6.45) is 1.40. The number of nitrogens with zero attached hydrogens (tertiary/aromatic N) is 3. The van der Waals surface area contributed by atoms with Crippen molar-refractivity contribution in [2.24, 2.45) is 17.8 Å². The van der Waals surface area contributed by atoms with Crippen LogP contribution in [0.15, 0.2) is 78.4 Å². The lowest BCUT2D eigenvalue weighted by molar-refractivity contribution is -0.384. The number of non-ortho nitro benzene ring substituents is 1. The molecule has 1 N–H and O–H groups in total. The quantitative estimate of drug-likeness (QED) is 0.127. The van der Waals surface area contributed by atoms with E-state index in [2.05, 4.69) is 0 Å². The molecule has 2 heterocycles. The van der Waals surface area contributed by atoms with Gasteiger partial charge in [-0.15, -0.1) is 23.2 Å². The molecular weight excluding hydrogens is 656 g/mol. The first-order valence-electron chi connectivity index (χ1n) is 14.6. The number of fused-ring (bicyclic) bond motifs is 4. The third kappa shape index (κ3) is 4.10. The number of carbonyl (C=O) groups excluding carboxylic acids is 4. The first-order valence-corrected chi connectivity index (χ1v) is 15.3. The number of allylic oxidation sites excluding steroid dienone is 2. The summed E-state index contributed by atoms with van der Waals surface area (Å²) >= 11 is 14.6. The van der Waals surface area contributed by atoms with E-state index in [4.69, 9.17) is 27.9 Å². The van der Waals surface area contributed by atoms with Gasteiger partial charge in [0.15, 0.2) is 21.2 Å². The van der Waals surface area contributed by atoms with E-state index in [1.807, 2.05) is 0 Å². The Morgan fingerprint density at radius 2 is 1.64 bits per heavy atom. The average molecular weight is 680 g/mol. The topological polar surface area (TPSA) is 147 Å². The van der Waals surface area contributed by atoms with E-state index in [1.54, 1.807) is 12.1 Å². The minimum Gasteiger partial charge on any atom is -0.504 e. The number of ether oxygens (including phenoxy) is 1. The van der Waals surface area contributed by atoms with Crippen LogP contribution < -0.4 is 14.5 Å². The summed E-state index contributed by atoms with van der Waals surface area (Å²) in [4.78, 5) is 64.8. The van der Waals surface area contributed by atoms with Crippen LogP contribution in [-0.2, 0) is 19.2 Å². The van der Waals surface area contributed by atoms with Crippen LogP contribution in [0.4, 0.5) is 21.5 Å². The summed E-state index contributed by atoms with van der Waals surface area (Å²) in [5.74, 6) is -8.15. The molecule has 4 aliphatic rings. The number of anilines is 2. The predicted molar refractivity (Wildman–Crippen MR) is 167 cm³/mol. The van der Waals surface area contributed by atoms with Gasteiger partial charge >= 0.3 is 0 Å². The molecule has 47 heavy (non-hydrogen) atoms. The van der Waals surface area contributed by atoms with E-state index in [9.17, 15) is 38.8 Å². The third-order valence-electron chi connectivity index (χ3n) is 9.76. The summed E-state index contributed by atoms with van der Waals surface area (Å²) in [6, 6.07) is 14.3. The third-order valence-corrected chi connectivity index (χ3v) is 11.2. The Bertz CT molecular complexity index is 1950. The van der Waals surface area contributed by atoms with Crippen LogP contribution in [0.5, 0.6) is 11.5 Å². The van der Waals surface area contributed by atoms with Crippen molar-refractivity contribution in [1.29, 1.82) is 0 Å². The lowest BCUT2D eigenvalue weighted by atomic mass is 9.56. The van der Waals surface area contributed by atoms with Gasteiger partial charge in [0.05, 0.1) is 35.2 Å². The van der Waals surface area contributed by atoms with Gasteiger partial charge in [-0.1, -0.05) is 29.8 Å². The summed E-state index contributed by atoms with van der Waals surface area (Å²) in [5, 5.41) is 22.8. The van der Waals surface area contributed by atoms with Gasteiger partial charge in [0.25, 0.3) is 17.5 Å². The minimum atomic E-state index is -2.25. The molecular formula is C33H24Cl2FN3O8. The van der Waals surface area contributed by atoms with Crippen molar-refractivity contribution in [1.82, 2.24) is 0 Å². The second-order valence-electron chi connectivity index (χ2n) is 11.9. The Morgan fingerprint density at radius 1 is 0.936 bits per heavy atom. The molecule has 0 bridgehead atoms. The lowest BCUT2D eigenvalue weighted by Gasteiger charge is -2.50. The monoisotopic (exact) mass is 679 g/mol. The van der Waals surface area contributed by atoms with E-state index in [0.29, 0.717) is 5.57 Å². The zero-order valence-electron chi connectivity index (χ0n) is 24.4. The number of methoxy groups -OCH3 is 1. The predicted octanol–water partition coefficient (Wildman–Crippen LogP) is 5.22. The molecule has 2 saturated heterocycles. The summed E-state index contributed by atoms with van der Waals surface area (Å²) in [5.41, 5.74) is 0.247. The number of amides is 4. The average Bonchev–Trinajstić information content (AvgIpc) is 3.39. The molecule has 240 valence electrons. The van der Waals surface area contributed by atoms with E-state index >= 15 is 0 Å². The normalized spacial score (nSPS) is 29.7. The maximum Gasteiger partial charge on any atom is 0.271 e. The SMILES string of the molecule is COc1cccc([C@H]2C3=CC[C@@H]4C(=O)N(c5cccc([N+](=O)[O-])c5)C(=O)[C@@H]4[C@@H]3C[C@@]3(Cl)C(=O)N(c4ccc(F)cc4)C(=O)[C@@]23Cl)c1O. The van der Waals surface area contributed by atoms with Gasteiger partial charge in [-0.2, -0.15) is 0 Å². The van der Waals surface area contributed by atoms with Gasteiger partial charge in [-0.25, -0.2) is 14.2 Å². The molecule has 2 aliphatic carbocycles. The van der Waals surface area contributed by atoms with Crippen LogP contribution >= 0.6 is 23.2 Å². The Hall–Kier alpha value is -4.81. The zero-order chi connectivity index (χ0) is 33.6. The maximum absolute atomic E-state index is 14.4. The molecule has 7 rings (SSSR count). The molecule has 3 aromatic rings. The van der Waals surface area contributed by atoms with Crippen molar-refractivity contribution in [2.75, 3.05) is 16.9 Å². The first-order chi connectivity index (χ1) is 22.3. The summed E-state index contributed by atoms with van der Waals surface area (Å²) in [6.45, 7) is 0. The Kier molecular flexibility index (Phi) is 6.96. The van der Waals surface area contributed by atoms with Crippen LogP contribution in [0, 0.1) is 33.7 Å². The smallest absolute Gasteiger partial charge is 0.271 e. The molecule has 3 fully saturated rings. The largest absolute Gasteiger partial charge is 0.504 e. The number of rotatable bonds is 5. The highest BCUT2D eigenvalue weighted by Gasteiger charge is 2.77. The van der Waals surface area contributed by atoms with Crippen molar-refractivity contribution < 1.29 is 38.3 Å². The zero-order valence-corrected chi connectivity index (χ0v) is 25.9. The second-order valence-corrected chi connectivity index (χ2v) is 13.2. The number of nitro groups is 1. The highest BCUT2D eigenvalue weighted by Crippen LogP contribution is 2.66. The number of alkyl halides is 2. The fraction of sp³-hybridized carbons (Fsp3) is 0.273. The molecule has 0 spiro atoms. The van der Waals surface area contributed by atoms with Crippen molar-refractivity contribution in [3.63, 3.8) is 0 Å². The highest BCUT2D eigenvalue weighted by molar-refractivity contribution is 6.58. The number of carbonyl (C=O) groups is 4. The molecule has 6 atom stereocenters. The number of benzene rings is 3. The number of imide groups is 2. The number of nitro benzene ring substituents is 1. The van der Waals surface area contributed by atoms with Crippen LogP contribution in [0.2, 0.25) is 0 Å². The number of aromatic hydroxyl groups is 1. The fourth-order valence-corrected chi connectivity index (χ4v) is 8.61. The van der Waals surface area contributed by atoms with Crippen LogP contribution in [0.1, 0.15) is 24.3 Å². The minimum absolute atomic E-state index is 0.0169. The van der Waals surface area contributed by atoms with Gasteiger partial charge in [-0.05, 0) is 55.2 Å². The van der Waals surface area contributed by atoms with Crippen molar-refractivity contribution in [3.8, 4) is 11.5 Å². The van der Waals surface area contributed by atoms with Crippen molar-refractivity contribution in [2.45, 2.75) is 28.5 Å². The van der Waals surface area contributed by atoms with E-state index in [-0.39, 0.29) is 47.0 Å². The first kappa shape index (κ1) is 30.8. The lowest BCUT2D eigenvalue weighted by Crippen LogP contribution is -2.60. The van der Waals surface area contributed by atoms with Crippen molar-refractivity contribution >= 4 is 63.9 Å². The molecule has 14 heteroatoms. The summed E-state index contributed by atoms with van der Waals surface area (Å²) in [7, 11) is 1.33. The van der Waals surface area contributed by atoms with Crippen LogP contribution in [-0.4, -0.2) is 50.5 Å². The molecule has 0 radical (unpaired) electrons. The van der Waals surface area contributed by atoms with Gasteiger partial charge in [0.1, 0.15) is 5.82 Å². The molecule has 11 nitrogen and oxygen atoms in total. The van der Waals surface area contributed by atoms with Gasteiger partial charge in [0.2, 0.25) is 11.8 Å². The molecule has 4 amide bonds. The highest BCUT2D eigenvalue weighted by atomic mass is 35.5. The summed E-state index contributed by atoms with van der Waals surface area (Å²) < 4.78 is 19.2. The van der Waals surface area contributed by atoms with Crippen molar-refractivity contribution in [3.05, 3.63) is 99.9 Å². The van der Waals surface area contributed by atoms with Crippen LogP contribution in [0.3, 0.4) is 0 Å². The van der Waals surface area contributed by atoms with Gasteiger partial charge < -0.3 is 9.84 Å². The molecule has 3 aromatic carbocycles. The molecule has 2 aliphatic heterocycles. The van der Waals surface area contributed by atoms with Crippen LogP contribution in [0.25, 0.3) is 0 Å². The number of phenolic OH excluding ortho intramolecular Hbond substituents is 1. The molecule has 0 unspecified atom stereocenters. The Balaban J connectivity index is 1.40. The second kappa shape index (κ2) is 10.6. The molecule has 1 saturated carbocycles. The Labute approximate surface area is 276 Å². The molecule has 0 aromatic heterocycles.